The Morgan fingerprint density at radius 2 is 1.89 bits per heavy atom. The van der Waals surface area contributed by atoms with Gasteiger partial charge in [0.2, 0.25) is 5.91 Å². The molecule has 0 saturated carbocycles. The van der Waals surface area contributed by atoms with Gasteiger partial charge < -0.3 is 10.6 Å². The Labute approximate surface area is 168 Å². The van der Waals surface area contributed by atoms with Crippen LogP contribution in [-0.2, 0) is 11.3 Å². The second kappa shape index (κ2) is 8.03. The molecule has 0 spiro atoms. The average molecular weight is 403 g/mol. The highest BCUT2D eigenvalue weighted by molar-refractivity contribution is 6.33. The van der Waals surface area contributed by atoms with Gasteiger partial charge in [-0.05, 0) is 43.7 Å². The molecule has 7 heteroatoms. The second-order valence-corrected chi connectivity index (χ2v) is 7.05. The summed E-state index contributed by atoms with van der Waals surface area (Å²) in [6, 6.07) is 13.2. The van der Waals surface area contributed by atoms with Crippen LogP contribution in [0.25, 0.3) is 5.69 Å². The number of carbonyl (C=O) groups is 1. The number of anilines is 2. The highest BCUT2D eigenvalue weighted by Crippen LogP contribution is 2.28. The Morgan fingerprint density at radius 1 is 1.15 bits per heavy atom. The summed E-state index contributed by atoms with van der Waals surface area (Å²) in [4.78, 5) is 11.3. The smallest absolute Gasteiger partial charge is 0.221 e. The van der Waals surface area contributed by atoms with Gasteiger partial charge in [-0.25, -0.2) is 4.68 Å². The molecule has 0 atom stereocenters. The molecule has 3 aromatic rings. The molecule has 0 unspecified atom stereocenters. The first-order chi connectivity index (χ1) is 12.9. The van der Waals surface area contributed by atoms with Gasteiger partial charge in [0.25, 0.3) is 0 Å². The van der Waals surface area contributed by atoms with Crippen LogP contribution in [-0.4, -0.2) is 15.7 Å². The number of aryl methyl sites for hydroxylation is 2. The maximum atomic E-state index is 11.3. The van der Waals surface area contributed by atoms with Crippen LogP contribution in [0, 0.1) is 13.8 Å². The van der Waals surface area contributed by atoms with Crippen molar-refractivity contribution in [1.82, 2.24) is 9.78 Å². The Kier molecular flexibility index (Phi) is 5.73. The van der Waals surface area contributed by atoms with Gasteiger partial charge in [0, 0.05) is 30.4 Å². The standard InChI is InChI=1S/C20H20Cl2N4O/c1-12-8-9-15(10-18(12)24-14(3)27)23-11-16-13(2)25-26(20(16)22)19-7-5-4-6-17(19)21/h4-10,23H,11H2,1-3H3,(H,24,27). The topological polar surface area (TPSA) is 59.0 Å². The lowest BCUT2D eigenvalue weighted by Gasteiger charge is -2.11. The van der Waals surface area contributed by atoms with Gasteiger partial charge >= 0.3 is 0 Å². The van der Waals surface area contributed by atoms with Crippen molar-refractivity contribution in [2.24, 2.45) is 0 Å². The van der Waals surface area contributed by atoms with Crippen LogP contribution in [0.1, 0.15) is 23.7 Å². The van der Waals surface area contributed by atoms with Crippen molar-refractivity contribution in [3.05, 3.63) is 69.5 Å². The number of amides is 1. The first-order valence-corrected chi connectivity index (χ1v) is 9.23. The van der Waals surface area contributed by atoms with Crippen molar-refractivity contribution in [2.75, 3.05) is 10.6 Å². The van der Waals surface area contributed by atoms with E-state index < -0.39 is 0 Å². The number of nitrogens with one attached hydrogen (secondary N) is 2. The predicted octanol–water partition coefficient (Wildman–Crippen LogP) is 5.37. The van der Waals surface area contributed by atoms with Crippen molar-refractivity contribution in [3.8, 4) is 5.69 Å². The molecule has 2 N–H and O–H groups in total. The predicted molar refractivity (Wildman–Crippen MR) is 111 cm³/mol. The van der Waals surface area contributed by atoms with Crippen molar-refractivity contribution in [1.29, 1.82) is 0 Å². The number of hydrogen-bond donors (Lipinski definition) is 2. The van der Waals surface area contributed by atoms with E-state index in [4.69, 9.17) is 23.2 Å². The molecule has 1 aromatic heterocycles. The van der Waals surface area contributed by atoms with Crippen molar-refractivity contribution in [2.45, 2.75) is 27.3 Å². The SMILES string of the molecule is CC(=O)Nc1cc(NCc2c(C)nn(-c3ccccc3Cl)c2Cl)ccc1C. The number of carbonyl (C=O) groups excluding carboxylic acids is 1. The van der Waals surface area contributed by atoms with Gasteiger partial charge in [-0.15, -0.1) is 0 Å². The first-order valence-electron chi connectivity index (χ1n) is 8.48. The summed E-state index contributed by atoms with van der Waals surface area (Å²) in [5.74, 6) is -0.102. The van der Waals surface area contributed by atoms with E-state index in [0.29, 0.717) is 16.7 Å². The molecule has 0 radical (unpaired) electrons. The van der Waals surface area contributed by atoms with E-state index >= 15 is 0 Å². The summed E-state index contributed by atoms with van der Waals surface area (Å²) in [7, 11) is 0. The molecule has 1 heterocycles. The molecule has 0 aliphatic heterocycles. The summed E-state index contributed by atoms with van der Waals surface area (Å²) in [6.07, 6.45) is 0. The maximum Gasteiger partial charge on any atom is 0.221 e. The molecule has 27 heavy (non-hydrogen) atoms. The lowest BCUT2D eigenvalue weighted by Crippen LogP contribution is -2.08. The molecule has 0 aliphatic carbocycles. The third-order valence-electron chi connectivity index (χ3n) is 4.22. The van der Waals surface area contributed by atoms with Gasteiger partial charge in [0.1, 0.15) is 5.15 Å². The number of nitrogens with zero attached hydrogens (tertiary/aromatic N) is 2. The number of para-hydroxylation sites is 1. The van der Waals surface area contributed by atoms with Crippen LogP contribution in [0.15, 0.2) is 42.5 Å². The minimum Gasteiger partial charge on any atom is -0.381 e. The highest BCUT2D eigenvalue weighted by Gasteiger charge is 2.16. The molecule has 0 bridgehead atoms. The molecule has 2 aromatic carbocycles. The van der Waals surface area contributed by atoms with Crippen LogP contribution in [0.4, 0.5) is 11.4 Å². The van der Waals surface area contributed by atoms with Crippen LogP contribution in [0.3, 0.4) is 0 Å². The molecule has 0 fully saturated rings. The summed E-state index contributed by atoms with van der Waals surface area (Å²) in [6.45, 7) is 5.85. The zero-order chi connectivity index (χ0) is 19.6. The van der Waals surface area contributed by atoms with Crippen LogP contribution in [0.5, 0.6) is 0 Å². The number of benzene rings is 2. The van der Waals surface area contributed by atoms with E-state index in [2.05, 4.69) is 15.7 Å². The number of rotatable bonds is 5. The fourth-order valence-corrected chi connectivity index (χ4v) is 3.31. The van der Waals surface area contributed by atoms with Gasteiger partial charge in [0.15, 0.2) is 0 Å². The Hall–Kier alpha value is -2.50. The monoisotopic (exact) mass is 402 g/mol. The van der Waals surface area contributed by atoms with Crippen LogP contribution in [0.2, 0.25) is 10.2 Å². The molecule has 0 saturated heterocycles. The average Bonchev–Trinajstić information content (AvgIpc) is 2.90. The second-order valence-electron chi connectivity index (χ2n) is 6.28. The maximum absolute atomic E-state index is 11.3. The molecule has 3 rings (SSSR count). The van der Waals surface area contributed by atoms with E-state index in [9.17, 15) is 4.79 Å². The quantitative estimate of drug-likeness (QED) is 0.603. The van der Waals surface area contributed by atoms with E-state index in [-0.39, 0.29) is 5.91 Å². The number of aromatic nitrogens is 2. The minimum atomic E-state index is -0.102. The summed E-state index contributed by atoms with van der Waals surface area (Å²) in [5, 5.41) is 11.8. The van der Waals surface area contributed by atoms with Gasteiger partial charge in [-0.3, -0.25) is 4.79 Å². The zero-order valence-electron chi connectivity index (χ0n) is 15.3. The summed E-state index contributed by atoms with van der Waals surface area (Å²) < 4.78 is 1.65. The van der Waals surface area contributed by atoms with Gasteiger partial charge in [-0.2, -0.15) is 5.10 Å². The van der Waals surface area contributed by atoms with Gasteiger partial charge in [-0.1, -0.05) is 41.4 Å². The van der Waals surface area contributed by atoms with E-state index in [0.717, 1.165) is 33.9 Å². The third-order valence-corrected chi connectivity index (χ3v) is 4.93. The largest absolute Gasteiger partial charge is 0.381 e. The molecular formula is C20H20Cl2N4O. The lowest BCUT2D eigenvalue weighted by atomic mass is 10.1. The number of hydrogen-bond acceptors (Lipinski definition) is 3. The minimum absolute atomic E-state index is 0.102. The summed E-state index contributed by atoms with van der Waals surface area (Å²) >= 11 is 12.8. The van der Waals surface area contributed by atoms with E-state index in [1.54, 1.807) is 10.7 Å². The lowest BCUT2D eigenvalue weighted by molar-refractivity contribution is -0.114. The Balaban J connectivity index is 1.83. The Bertz CT molecular complexity index is 998. The van der Waals surface area contributed by atoms with Gasteiger partial charge in [0.05, 0.1) is 16.4 Å². The van der Waals surface area contributed by atoms with Crippen LogP contribution < -0.4 is 10.6 Å². The van der Waals surface area contributed by atoms with Crippen molar-refractivity contribution < 1.29 is 4.79 Å². The van der Waals surface area contributed by atoms with E-state index in [1.807, 2.05) is 50.2 Å². The third kappa shape index (κ3) is 4.26. The molecule has 0 aliphatic rings. The molecular weight excluding hydrogens is 383 g/mol. The molecule has 140 valence electrons. The van der Waals surface area contributed by atoms with E-state index in [1.165, 1.54) is 6.92 Å². The first kappa shape index (κ1) is 19.3. The highest BCUT2D eigenvalue weighted by atomic mass is 35.5. The number of halogens is 2. The zero-order valence-corrected chi connectivity index (χ0v) is 16.8. The normalized spacial score (nSPS) is 10.7. The van der Waals surface area contributed by atoms with Crippen molar-refractivity contribution >= 4 is 40.5 Å². The van der Waals surface area contributed by atoms with Crippen LogP contribution >= 0.6 is 23.2 Å². The molecule has 1 amide bonds. The summed E-state index contributed by atoms with van der Waals surface area (Å²) in [5.41, 5.74) is 5.10. The van der Waals surface area contributed by atoms with Crippen molar-refractivity contribution in [3.63, 3.8) is 0 Å². The fraction of sp³-hybridized carbons (Fsp3) is 0.200. The fourth-order valence-electron chi connectivity index (χ4n) is 2.76. The molecule has 5 nitrogen and oxygen atoms in total. The Morgan fingerprint density at radius 3 is 2.59 bits per heavy atom.